The van der Waals surface area contributed by atoms with Gasteiger partial charge in [0.25, 0.3) is 0 Å². The monoisotopic (exact) mass is 595 g/mol. The fraction of sp³-hybridized carbons (Fsp3) is 0.323. The average Bonchev–Trinajstić information content (AvgIpc) is 3.51. The zero-order valence-electron chi connectivity index (χ0n) is 22.6. The van der Waals surface area contributed by atoms with E-state index in [4.69, 9.17) is 16.3 Å². The molecule has 0 amide bonds. The van der Waals surface area contributed by atoms with Crippen molar-refractivity contribution in [1.29, 1.82) is 5.26 Å². The summed E-state index contributed by atoms with van der Waals surface area (Å²) in [5.41, 5.74) is -0.211. The lowest BCUT2D eigenvalue weighted by molar-refractivity contribution is -0.137. The zero-order valence-corrected chi connectivity index (χ0v) is 23.3. The maximum atomic E-state index is 14.1. The largest absolute Gasteiger partial charge is 0.417 e. The quantitative estimate of drug-likeness (QED) is 0.206. The van der Waals surface area contributed by atoms with Gasteiger partial charge in [0.2, 0.25) is 0 Å². The number of alkyl halides is 3. The van der Waals surface area contributed by atoms with Gasteiger partial charge in [-0.1, -0.05) is 41.9 Å². The molecule has 2 aliphatic rings. The van der Waals surface area contributed by atoms with E-state index >= 15 is 0 Å². The molecule has 0 bridgehead atoms. The van der Waals surface area contributed by atoms with Gasteiger partial charge in [-0.15, -0.1) is 0 Å². The van der Waals surface area contributed by atoms with Crippen LogP contribution in [0.1, 0.15) is 53.5 Å². The summed E-state index contributed by atoms with van der Waals surface area (Å²) in [5, 5.41) is 9.94. The molecule has 4 aromatic rings. The van der Waals surface area contributed by atoms with Gasteiger partial charge < -0.3 is 14.2 Å². The van der Waals surface area contributed by atoms with E-state index in [-0.39, 0.29) is 22.6 Å². The summed E-state index contributed by atoms with van der Waals surface area (Å²) in [7, 11) is 0. The summed E-state index contributed by atoms with van der Waals surface area (Å²) in [4.78, 5) is 11.0. The average molecular weight is 596 g/mol. The summed E-state index contributed by atoms with van der Waals surface area (Å²) in [6, 6.07) is 16.0. The SMILES string of the molecule is Cc1cc(C(F)(F)F)c(C#N)c(N2[C@H](c3nccn3-c3ccc(F)c(Cl)c3)C[C@@]3(COCc4ccccc4)CC[C@@H]23)n1. The van der Waals surface area contributed by atoms with Crippen LogP contribution in [0.4, 0.5) is 23.4 Å². The third kappa shape index (κ3) is 4.91. The van der Waals surface area contributed by atoms with Gasteiger partial charge in [-0.25, -0.2) is 14.4 Å². The van der Waals surface area contributed by atoms with Crippen molar-refractivity contribution in [2.75, 3.05) is 11.5 Å². The van der Waals surface area contributed by atoms with Crippen molar-refractivity contribution in [1.82, 2.24) is 14.5 Å². The third-order valence-electron chi connectivity index (χ3n) is 8.33. The molecule has 2 aromatic carbocycles. The van der Waals surface area contributed by atoms with Crippen LogP contribution in [0.5, 0.6) is 0 Å². The smallest absolute Gasteiger partial charge is 0.376 e. The number of ether oxygens (including phenoxy) is 1. The van der Waals surface area contributed by atoms with Crippen LogP contribution in [0.2, 0.25) is 5.02 Å². The Labute approximate surface area is 245 Å². The molecule has 2 fully saturated rings. The normalized spacial score (nSPS) is 21.6. The molecule has 3 atom stereocenters. The number of fused-ring (bicyclic) bond motifs is 1. The number of imidazole rings is 1. The lowest BCUT2D eigenvalue weighted by Gasteiger charge is -2.47. The van der Waals surface area contributed by atoms with Crippen molar-refractivity contribution in [2.45, 2.75) is 51.1 Å². The molecule has 1 aliphatic carbocycles. The molecule has 6 rings (SSSR count). The molecule has 11 heteroatoms. The topological polar surface area (TPSA) is 67.0 Å². The molecule has 0 N–H and O–H groups in total. The maximum absolute atomic E-state index is 14.1. The number of hydrogen-bond donors (Lipinski definition) is 0. The minimum Gasteiger partial charge on any atom is -0.376 e. The molecule has 42 heavy (non-hydrogen) atoms. The van der Waals surface area contributed by atoms with Crippen molar-refractivity contribution in [3.63, 3.8) is 0 Å². The lowest BCUT2D eigenvalue weighted by atomic mass is 9.65. The fourth-order valence-electron chi connectivity index (χ4n) is 6.33. The van der Waals surface area contributed by atoms with Crippen LogP contribution in [-0.2, 0) is 17.5 Å². The van der Waals surface area contributed by atoms with E-state index < -0.39 is 34.6 Å². The highest BCUT2D eigenvalue weighted by atomic mass is 35.5. The van der Waals surface area contributed by atoms with Gasteiger partial charge in [0.05, 0.1) is 29.8 Å². The molecule has 1 saturated heterocycles. The Balaban J connectivity index is 1.45. The van der Waals surface area contributed by atoms with E-state index in [1.807, 2.05) is 35.2 Å². The predicted molar refractivity (Wildman–Crippen MR) is 149 cm³/mol. The molecule has 0 spiro atoms. The van der Waals surface area contributed by atoms with Gasteiger partial charge in [0.15, 0.2) is 0 Å². The zero-order chi connectivity index (χ0) is 29.6. The van der Waals surface area contributed by atoms with Crippen molar-refractivity contribution in [3.05, 3.63) is 106 Å². The third-order valence-corrected chi connectivity index (χ3v) is 8.62. The molecule has 2 aromatic heterocycles. The fourth-order valence-corrected chi connectivity index (χ4v) is 6.51. The second-order valence-electron chi connectivity index (χ2n) is 10.9. The standard InChI is InChI=1S/C31H26ClF4N5O/c1-19-13-23(31(34,35)36)22(16-37)28(39-19)41-26(29-38-11-12-40(29)21-7-8-25(33)24(32)14-21)15-30(10-9-27(30)41)18-42-17-20-5-3-2-4-6-20/h2-8,11-14,26-27H,9-10,15,17-18H2,1H3/t26-,27+,30+/m0/s1. The van der Waals surface area contributed by atoms with Crippen molar-refractivity contribution >= 4 is 17.4 Å². The van der Waals surface area contributed by atoms with Gasteiger partial charge in [0, 0.05) is 35.2 Å². The summed E-state index contributed by atoms with van der Waals surface area (Å²) >= 11 is 6.08. The number of nitrogens with zero attached hydrogens (tertiary/aromatic N) is 5. The van der Waals surface area contributed by atoms with E-state index in [0.717, 1.165) is 18.1 Å². The van der Waals surface area contributed by atoms with Crippen LogP contribution in [0.25, 0.3) is 5.69 Å². The van der Waals surface area contributed by atoms with Crippen molar-refractivity contribution in [3.8, 4) is 11.8 Å². The van der Waals surface area contributed by atoms with Crippen molar-refractivity contribution in [2.24, 2.45) is 5.41 Å². The molecule has 216 valence electrons. The highest BCUT2D eigenvalue weighted by Crippen LogP contribution is 2.60. The highest BCUT2D eigenvalue weighted by molar-refractivity contribution is 6.30. The Morgan fingerprint density at radius 3 is 2.62 bits per heavy atom. The number of anilines is 1. The van der Waals surface area contributed by atoms with E-state index in [0.29, 0.717) is 37.6 Å². The number of benzene rings is 2. The minimum absolute atomic E-state index is 0.0175. The minimum atomic E-state index is -4.73. The van der Waals surface area contributed by atoms with Crippen LogP contribution < -0.4 is 4.90 Å². The number of hydrogen-bond acceptors (Lipinski definition) is 5. The van der Waals surface area contributed by atoms with Gasteiger partial charge in [0.1, 0.15) is 29.1 Å². The van der Waals surface area contributed by atoms with Gasteiger partial charge in [-0.3, -0.25) is 0 Å². The first kappa shape index (κ1) is 28.2. The van der Waals surface area contributed by atoms with Gasteiger partial charge >= 0.3 is 6.18 Å². The van der Waals surface area contributed by atoms with Crippen LogP contribution in [0.3, 0.4) is 0 Å². The summed E-state index contributed by atoms with van der Waals surface area (Å²) in [5.74, 6) is -0.0640. The Morgan fingerprint density at radius 2 is 1.95 bits per heavy atom. The summed E-state index contributed by atoms with van der Waals surface area (Å²) < 4.78 is 64.3. The first-order valence-corrected chi connectivity index (χ1v) is 13.9. The number of nitriles is 1. The second-order valence-corrected chi connectivity index (χ2v) is 11.3. The summed E-state index contributed by atoms with van der Waals surface area (Å²) in [6.07, 6.45) is 0.547. The number of aryl methyl sites for hydroxylation is 1. The summed E-state index contributed by atoms with van der Waals surface area (Å²) in [6.45, 7) is 2.26. The van der Waals surface area contributed by atoms with Crippen LogP contribution >= 0.6 is 11.6 Å². The van der Waals surface area contributed by atoms with Crippen molar-refractivity contribution < 1.29 is 22.3 Å². The predicted octanol–water partition coefficient (Wildman–Crippen LogP) is 7.58. The first-order chi connectivity index (χ1) is 20.1. The molecule has 0 unspecified atom stereocenters. The van der Waals surface area contributed by atoms with Gasteiger partial charge in [-0.05, 0) is 56.0 Å². The van der Waals surface area contributed by atoms with E-state index in [2.05, 4.69) is 9.97 Å². The lowest BCUT2D eigenvalue weighted by Crippen LogP contribution is -2.51. The molecule has 1 aliphatic heterocycles. The molecule has 6 nitrogen and oxygen atoms in total. The molecule has 3 heterocycles. The molecular formula is C31H26ClF4N5O. The molecule has 0 radical (unpaired) electrons. The van der Waals surface area contributed by atoms with E-state index in [1.165, 1.54) is 19.1 Å². The molecular weight excluding hydrogens is 570 g/mol. The Kier molecular flexibility index (Phi) is 7.19. The van der Waals surface area contributed by atoms with Crippen LogP contribution in [0.15, 0.2) is 67.0 Å². The number of pyridine rings is 1. The van der Waals surface area contributed by atoms with Gasteiger partial charge in [-0.2, -0.15) is 18.4 Å². The second kappa shape index (κ2) is 10.7. The van der Waals surface area contributed by atoms with Crippen LogP contribution in [0, 0.1) is 29.5 Å². The number of halogens is 5. The highest BCUT2D eigenvalue weighted by Gasteiger charge is 2.60. The first-order valence-electron chi connectivity index (χ1n) is 13.5. The number of aromatic nitrogens is 3. The van der Waals surface area contributed by atoms with E-state index in [9.17, 15) is 22.8 Å². The molecule has 1 saturated carbocycles. The maximum Gasteiger partial charge on any atom is 0.417 e. The Bertz CT molecular complexity index is 1670. The Hall–Kier alpha value is -3.94. The Morgan fingerprint density at radius 1 is 1.17 bits per heavy atom. The van der Waals surface area contributed by atoms with E-state index in [1.54, 1.807) is 29.1 Å². The van der Waals surface area contributed by atoms with Crippen LogP contribution in [-0.4, -0.2) is 27.2 Å². The number of rotatable bonds is 7.